The highest BCUT2D eigenvalue weighted by Crippen LogP contribution is 2.19. The number of ether oxygens (including phenoxy) is 2. The van der Waals surface area contributed by atoms with Gasteiger partial charge < -0.3 is 20.5 Å². The summed E-state index contributed by atoms with van der Waals surface area (Å²) in [5.74, 6) is 1.82. The molecule has 0 saturated heterocycles. The third kappa shape index (κ3) is 4.10. The Hall–Kier alpha value is -2.34. The zero-order chi connectivity index (χ0) is 14.2. The quantitative estimate of drug-likeness (QED) is 0.803. The maximum Gasteiger partial charge on any atom is 0.230 e. The molecule has 6 heteroatoms. The molecule has 0 aliphatic heterocycles. The number of anilines is 2. The highest BCUT2D eigenvalue weighted by molar-refractivity contribution is 5.54. The summed E-state index contributed by atoms with van der Waals surface area (Å²) in [6.45, 7) is 3.49. The second-order valence-corrected chi connectivity index (χ2v) is 3.94. The molecule has 0 atom stereocenters. The van der Waals surface area contributed by atoms with Gasteiger partial charge in [0.2, 0.25) is 11.8 Å². The van der Waals surface area contributed by atoms with Gasteiger partial charge in [-0.25, -0.2) is 4.98 Å². The van der Waals surface area contributed by atoms with Crippen molar-refractivity contribution in [3.63, 3.8) is 0 Å². The highest BCUT2D eigenvalue weighted by Gasteiger charge is 2.01. The molecule has 0 fully saturated rings. The summed E-state index contributed by atoms with van der Waals surface area (Å²) in [6.07, 6.45) is 1.65. The SMILES string of the molecule is CCOc1ccnc(Nc2ccc(OCCN)cc2)n1. The first-order valence-electron chi connectivity index (χ1n) is 6.47. The molecule has 20 heavy (non-hydrogen) atoms. The van der Waals surface area contributed by atoms with Crippen molar-refractivity contribution >= 4 is 11.6 Å². The van der Waals surface area contributed by atoms with Crippen molar-refractivity contribution < 1.29 is 9.47 Å². The number of rotatable bonds is 7. The average Bonchev–Trinajstić information content (AvgIpc) is 2.47. The Kier molecular flexibility index (Phi) is 5.14. The average molecular weight is 274 g/mol. The molecular weight excluding hydrogens is 256 g/mol. The lowest BCUT2D eigenvalue weighted by atomic mass is 10.3. The molecule has 6 nitrogen and oxygen atoms in total. The molecule has 0 aliphatic carbocycles. The van der Waals surface area contributed by atoms with E-state index in [2.05, 4.69) is 15.3 Å². The van der Waals surface area contributed by atoms with E-state index < -0.39 is 0 Å². The maximum atomic E-state index is 5.41. The molecule has 0 amide bonds. The van der Waals surface area contributed by atoms with E-state index in [0.29, 0.717) is 31.6 Å². The van der Waals surface area contributed by atoms with Crippen LogP contribution in [0.5, 0.6) is 11.6 Å². The first kappa shape index (κ1) is 14.1. The van der Waals surface area contributed by atoms with Crippen LogP contribution in [-0.2, 0) is 0 Å². The predicted molar refractivity (Wildman–Crippen MR) is 77.5 cm³/mol. The molecule has 0 saturated carbocycles. The van der Waals surface area contributed by atoms with Crippen molar-refractivity contribution in [3.8, 4) is 11.6 Å². The molecule has 0 aliphatic rings. The van der Waals surface area contributed by atoms with Gasteiger partial charge >= 0.3 is 0 Å². The van der Waals surface area contributed by atoms with E-state index >= 15 is 0 Å². The number of hydrogen-bond donors (Lipinski definition) is 2. The van der Waals surface area contributed by atoms with E-state index in [1.165, 1.54) is 0 Å². The van der Waals surface area contributed by atoms with Crippen LogP contribution in [0.2, 0.25) is 0 Å². The third-order valence-corrected chi connectivity index (χ3v) is 2.42. The highest BCUT2D eigenvalue weighted by atomic mass is 16.5. The van der Waals surface area contributed by atoms with Crippen LogP contribution in [0.25, 0.3) is 0 Å². The van der Waals surface area contributed by atoms with E-state index in [1.807, 2.05) is 31.2 Å². The Balaban J connectivity index is 2.00. The van der Waals surface area contributed by atoms with Crippen molar-refractivity contribution in [1.29, 1.82) is 0 Å². The van der Waals surface area contributed by atoms with Crippen LogP contribution in [0.15, 0.2) is 36.5 Å². The van der Waals surface area contributed by atoms with Crippen LogP contribution in [0, 0.1) is 0 Å². The number of nitrogens with two attached hydrogens (primary N) is 1. The second-order valence-electron chi connectivity index (χ2n) is 3.94. The summed E-state index contributed by atoms with van der Waals surface area (Å²) in [7, 11) is 0. The predicted octanol–water partition coefficient (Wildman–Crippen LogP) is 1.96. The van der Waals surface area contributed by atoms with E-state index in [4.69, 9.17) is 15.2 Å². The fourth-order valence-corrected chi connectivity index (χ4v) is 1.57. The molecule has 3 N–H and O–H groups in total. The Morgan fingerprint density at radius 1 is 1.15 bits per heavy atom. The smallest absolute Gasteiger partial charge is 0.230 e. The number of nitrogens with one attached hydrogen (secondary N) is 1. The summed E-state index contributed by atoms with van der Waals surface area (Å²) in [5.41, 5.74) is 6.26. The number of aromatic nitrogens is 2. The normalized spacial score (nSPS) is 10.1. The summed E-state index contributed by atoms with van der Waals surface area (Å²) in [5, 5.41) is 3.10. The molecule has 1 heterocycles. The maximum absolute atomic E-state index is 5.41. The van der Waals surface area contributed by atoms with E-state index in [0.717, 1.165) is 11.4 Å². The molecule has 1 aromatic heterocycles. The van der Waals surface area contributed by atoms with Gasteiger partial charge in [-0.05, 0) is 31.2 Å². The number of hydrogen-bond acceptors (Lipinski definition) is 6. The van der Waals surface area contributed by atoms with Crippen molar-refractivity contribution in [2.24, 2.45) is 5.73 Å². The van der Waals surface area contributed by atoms with Gasteiger partial charge in [-0.1, -0.05) is 0 Å². The Morgan fingerprint density at radius 2 is 1.95 bits per heavy atom. The fourth-order valence-electron chi connectivity index (χ4n) is 1.57. The van der Waals surface area contributed by atoms with Crippen LogP contribution in [0.3, 0.4) is 0 Å². The summed E-state index contributed by atoms with van der Waals surface area (Å²) >= 11 is 0. The lowest BCUT2D eigenvalue weighted by Gasteiger charge is -2.08. The Labute approximate surface area is 118 Å². The minimum Gasteiger partial charge on any atom is -0.492 e. The van der Waals surface area contributed by atoms with E-state index in [9.17, 15) is 0 Å². The monoisotopic (exact) mass is 274 g/mol. The van der Waals surface area contributed by atoms with Gasteiger partial charge in [0, 0.05) is 24.5 Å². The zero-order valence-corrected chi connectivity index (χ0v) is 11.4. The first-order chi connectivity index (χ1) is 9.81. The summed E-state index contributed by atoms with van der Waals surface area (Å²) < 4.78 is 10.7. The van der Waals surface area contributed by atoms with Gasteiger partial charge in [-0.15, -0.1) is 0 Å². The summed E-state index contributed by atoms with van der Waals surface area (Å²) in [4.78, 5) is 8.38. The van der Waals surface area contributed by atoms with Gasteiger partial charge in [0.25, 0.3) is 0 Å². The minimum atomic E-state index is 0.492. The zero-order valence-electron chi connectivity index (χ0n) is 11.4. The van der Waals surface area contributed by atoms with Gasteiger partial charge in [0.15, 0.2) is 0 Å². The molecule has 2 rings (SSSR count). The topological polar surface area (TPSA) is 82.3 Å². The summed E-state index contributed by atoms with van der Waals surface area (Å²) in [6, 6.07) is 9.23. The number of nitrogens with zero attached hydrogens (tertiary/aromatic N) is 2. The number of benzene rings is 1. The molecule has 0 unspecified atom stereocenters. The molecule has 0 spiro atoms. The lowest BCUT2D eigenvalue weighted by Crippen LogP contribution is -2.10. The molecule has 0 bridgehead atoms. The Bertz CT molecular complexity index is 531. The van der Waals surface area contributed by atoms with Crippen LogP contribution in [0.4, 0.5) is 11.6 Å². The molecule has 2 aromatic rings. The lowest BCUT2D eigenvalue weighted by molar-refractivity contribution is 0.326. The molecule has 106 valence electrons. The molecular formula is C14H18N4O2. The molecule has 0 radical (unpaired) electrons. The van der Waals surface area contributed by atoms with Crippen LogP contribution < -0.4 is 20.5 Å². The van der Waals surface area contributed by atoms with Crippen molar-refractivity contribution in [2.45, 2.75) is 6.92 Å². The van der Waals surface area contributed by atoms with Crippen LogP contribution in [0.1, 0.15) is 6.92 Å². The first-order valence-corrected chi connectivity index (χ1v) is 6.47. The van der Waals surface area contributed by atoms with Gasteiger partial charge in [0.1, 0.15) is 12.4 Å². The van der Waals surface area contributed by atoms with Crippen molar-refractivity contribution in [1.82, 2.24) is 9.97 Å². The molecule has 1 aromatic carbocycles. The Morgan fingerprint density at radius 3 is 2.65 bits per heavy atom. The standard InChI is InChI=1S/C14H18N4O2/c1-2-19-13-7-9-16-14(18-13)17-11-3-5-12(6-4-11)20-10-8-15/h3-7,9H,2,8,10,15H2,1H3,(H,16,17,18). The van der Waals surface area contributed by atoms with E-state index in [1.54, 1.807) is 12.3 Å². The van der Waals surface area contributed by atoms with Crippen LogP contribution >= 0.6 is 0 Å². The van der Waals surface area contributed by atoms with Crippen LogP contribution in [-0.4, -0.2) is 29.7 Å². The van der Waals surface area contributed by atoms with Gasteiger partial charge in [-0.3, -0.25) is 0 Å². The van der Waals surface area contributed by atoms with Crippen molar-refractivity contribution in [2.75, 3.05) is 25.1 Å². The van der Waals surface area contributed by atoms with Gasteiger partial charge in [0.05, 0.1) is 6.61 Å². The minimum absolute atomic E-state index is 0.492. The van der Waals surface area contributed by atoms with Crippen molar-refractivity contribution in [3.05, 3.63) is 36.5 Å². The van der Waals surface area contributed by atoms with E-state index in [-0.39, 0.29) is 0 Å². The third-order valence-electron chi connectivity index (χ3n) is 2.42. The second kappa shape index (κ2) is 7.30. The fraction of sp³-hybridized carbons (Fsp3) is 0.286. The largest absolute Gasteiger partial charge is 0.492 e. The van der Waals surface area contributed by atoms with Gasteiger partial charge in [-0.2, -0.15) is 4.98 Å².